The monoisotopic (exact) mass is 316 g/mol. The van der Waals surface area contributed by atoms with E-state index in [4.69, 9.17) is 9.47 Å². The summed E-state index contributed by atoms with van der Waals surface area (Å²) in [7, 11) is 1.81. The van der Waals surface area contributed by atoms with Crippen LogP contribution in [0.2, 0.25) is 0 Å². The van der Waals surface area contributed by atoms with Crippen LogP contribution >= 0.6 is 0 Å². The van der Waals surface area contributed by atoms with Crippen molar-refractivity contribution in [2.75, 3.05) is 20.4 Å². The van der Waals surface area contributed by atoms with Gasteiger partial charge in [-0.2, -0.15) is 0 Å². The Hall–Kier alpha value is -2.17. The summed E-state index contributed by atoms with van der Waals surface area (Å²) in [5.74, 6) is 1.52. The lowest BCUT2D eigenvalue weighted by Crippen LogP contribution is -2.37. The number of carbonyl (C=O) groups is 1. The maximum absolute atomic E-state index is 12.2. The molecule has 2 amide bonds. The second-order valence-corrected chi connectivity index (χ2v) is 6.13. The van der Waals surface area contributed by atoms with Crippen LogP contribution in [0.5, 0.6) is 11.5 Å². The van der Waals surface area contributed by atoms with Gasteiger partial charge in [0.25, 0.3) is 0 Å². The van der Waals surface area contributed by atoms with Crippen LogP contribution in [-0.2, 0) is 6.54 Å². The fraction of sp³-hybridized carbons (Fsp3) is 0.500. The molecule has 5 nitrogen and oxygen atoms in total. The SMILES string of the molecule is CN(Cc1ccc2c(c1)OCO2)C(=O)NCCC1=CCCCC1. The number of rotatable bonds is 5. The molecule has 0 unspecified atom stereocenters. The molecule has 0 saturated carbocycles. The van der Waals surface area contributed by atoms with E-state index in [-0.39, 0.29) is 12.8 Å². The van der Waals surface area contributed by atoms with E-state index in [0.717, 1.165) is 23.5 Å². The lowest BCUT2D eigenvalue weighted by molar-refractivity contribution is 0.174. The van der Waals surface area contributed by atoms with Crippen LogP contribution in [0.1, 0.15) is 37.7 Å². The molecule has 1 heterocycles. The molecule has 23 heavy (non-hydrogen) atoms. The molecule has 0 radical (unpaired) electrons. The molecule has 0 fully saturated rings. The Morgan fingerprint density at radius 3 is 2.96 bits per heavy atom. The van der Waals surface area contributed by atoms with Gasteiger partial charge in [0.15, 0.2) is 11.5 Å². The molecule has 5 heteroatoms. The second kappa shape index (κ2) is 7.40. The van der Waals surface area contributed by atoms with Gasteiger partial charge in [0.2, 0.25) is 6.79 Å². The van der Waals surface area contributed by atoms with Crippen molar-refractivity contribution in [3.8, 4) is 11.5 Å². The predicted octanol–water partition coefficient (Wildman–Crippen LogP) is 3.45. The van der Waals surface area contributed by atoms with E-state index in [9.17, 15) is 4.79 Å². The third kappa shape index (κ3) is 4.18. The first-order valence-electron chi connectivity index (χ1n) is 8.28. The van der Waals surface area contributed by atoms with E-state index >= 15 is 0 Å². The van der Waals surface area contributed by atoms with Gasteiger partial charge in [0.1, 0.15) is 0 Å². The molecule has 1 aliphatic carbocycles. The number of nitrogens with zero attached hydrogens (tertiary/aromatic N) is 1. The van der Waals surface area contributed by atoms with E-state index in [1.165, 1.54) is 31.3 Å². The average Bonchev–Trinajstić information content (AvgIpc) is 3.03. The Labute approximate surface area is 137 Å². The summed E-state index contributed by atoms with van der Waals surface area (Å²) < 4.78 is 10.7. The van der Waals surface area contributed by atoms with Crippen molar-refractivity contribution >= 4 is 6.03 Å². The van der Waals surface area contributed by atoms with Gasteiger partial charge in [0.05, 0.1) is 0 Å². The lowest BCUT2D eigenvalue weighted by Gasteiger charge is -2.19. The number of hydrogen-bond donors (Lipinski definition) is 1. The number of amides is 2. The van der Waals surface area contributed by atoms with Crippen LogP contribution < -0.4 is 14.8 Å². The fourth-order valence-electron chi connectivity index (χ4n) is 2.98. The van der Waals surface area contributed by atoms with E-state index < -0.39 is 0 Å². The minimum atomic E-state index is -0.0425. The highest BCUT2D eigenvalue weighted by molar-refractivity contribution is 5.73. The number of fused-ring (bicyclic) bond motifs is 1. The van der Waals surface area contributed by atoms with Crippen molar-refractivity contribution in [1.82, 2.24) is 10.2 Å². The molecule has 0 atom stereocenters. The van der Waals surface area contributed by atoms with E-state index in [2.05, 4.69) is 11.4 Å². The Morgan fingerprint density at radius 2 is 2.13 bits per heavy atom. The van der Waals surface area contributed by atoms with Crippen molar-refractivity contribution < 1.29 is 14.3 Å². The minimum absolute atomic E-state index is 0.0425. The highest BCUT2D eigenvalue weighted by atomic mass is 16.7. The zero-order chi connectivity index (χ0) is 16.1. The Kier molecular flexibility index (Phi) is 5.05. The third-order valence-electron chi connectivity index (χ3n) is 4.31. The average molecular weight is 316 g/mol. The first-order valence-corrected chi connectivity index (χ1v) is 8.28. The largest absolute Gasteiger partial charge is 0.454 e. The zero-order valence-electron chi connectivity index (χ0n) is 13.6. The van der Waals surface area contributed by atoms with Crippen molar-refractivity contribution in [2.24, 2.45) is 0 Å². The molecule has 1 aromatic carbocycles. The predicted molar refractivity (Wildman–Crippen MR) is 88.6 cm³/mol. The molecular formula is C18H24N2O3. The van der Waals surface area contributed by atoms with Gasteiger partial charge < -0.3 is 19.7 Å². The first-order chi connectivity index (χ1) is 11.2. The van der Waals surface area contributed by atoms with Gasteiger partial charge >= 0.3 is 6.03 Å². The van der Waals surface area contributed by atoms with Crippen LogP contribution in [0.3, 0.4) is 0 Å². The van der Waals surface area contributed by atoms with Gasteiger partial charge in [-0.05, 0) is 49.8 Å². The van der Waals surface area contributed by atoms with Crippen LogP contribution in [0.4, 0.5) is 4.79 Å². The number of ether oxygens (including phenoxy) is 2. The normalized spacial score (nSPS) is 16.0. The van der Waals surface area contributed by atoms with Crippen LogP contribution in [0, 0.1) is 0 Å². The molecule has 2 aliphatic rings. The topological polar surface area (TPSA) is 50.8 Å². The quantitative estimate of drug-likeness (QED) is 0.847. The molecule has 1 aromatic rings. The summed E-state index contributed by atoms with van der Waals surface area (Å²) >= 11 is 0. The van der Waals surface area contributed by atoms with Crippen molar-refractivity contribution in [1.29, 1.82) is 0 Å². The van der Waals surface area contributed by atoms with Gasteiger partial charge in [0, 0.05) is 20.1 Å². The Bertz CT molecular complexity index is 598. The minimum Gasteiger partial charge on any atom is -0.454 e. The smallest absolute Gasteiger partial charge is 0.317 e. The third-order valence-corrected chi connectivity index (χ3v) is 4.31. The summed E-state index contributed by atoms with van der Waals surface area (Å²) in [5.41, 5.74) is 2.51. The van der Waals surface area contributed by atoms with Crippen LogP contribution in [-0.4, -0.2) is 31.3 Å². The summed E-state index contributed by atoms with van der Waals surface area (Å²) in [4.78, 5) is 13.8. The molecule has 0 saturated heterocycles. The number of urea groups is 1. The van der Waals surface area contributed by atoms with E-state index in [1.807, 2.05) is 18.2 Å². The van der Waals surface area contributed by atoms with Crippen molar-refractivity contribution in [3.05, 3.63) is 35.4 Å². The summed E-state index contributed by atoms with van der Waals surface area (Å²) in [6, 6.07) is 5.74. The standard InChI is InChI=1S/C18H24N2O3/c1-20(12-15-7-8-16-17(11-15)23-13-22-16)18(21)19-10-9-14-5-3-2-4-6-14/h5,7-8,11H,2-4,6,9-10,12-13H2,1H3,(H,19,21). The van der Waals surface area contributed by atoms with Crippen LogP contribution in [0.25, 0.3) is 0 Å². The van der Waals surface area contributed by atoms with Crippen molar-refractivity contribution in [3.63, 3.8) is 0 Å². The highest BCUT2D eigenvalue weighted by Gasteiger charge is 2.15. The molecular weight excluding hydrogens is 292 g/mol. The Balaban J connectivity index is 1.45. The lowest BCUT2D eigenvalue weighted by atomic mass is 9.97. The van der Waals surface area contributed by atoms with Gasteiger partial charge in [-0.3, -0.25) is 0 Å². The molecule has 0 spiro atoms. The zero-order valence-corrected chi connectivity index (χ0v) is 13.6. The Morgan fingerprint density at radius 1 is 1.26 bits per heavy atom. The van der Waals surface area contributed by atoms with Gasteiger partial charge in [-0.15, -0.1) is 0 Å². The van der Waals surface area contributed by atoms with Crippen LogP contribution in [0.15, 0.2) is 29.8 Å². The number of nitrogens with one attached hydrogen (secondary N) is 1. The number of hydrogen-bond acceptors (Lipinski definition) is 3. The van der Waals surface area contributed by atoms with E-state index in [1.54, 1.807) is 11.9 Å². The molecule has 1 aliphatic heterocycles. The van der Waals surface area contributed by atoms with E-state index in [0.29, 0.717) is 13.1 Å². The number of benzene rings is 1. The summed E-state index contributed by atoms with van der Waals surface area (Å²) in [5, 5.41) is 2.99. The molecule has 0 aromatic heterocycles. The van der Waals surface area contributed by atoms with Crippen molar-refractivity contribution in [2.45, 2.75) is 38.6 Å². The molecule has 3 rings (SSSR count). The van der Waals surface area contributed by atoms with Gasteiger partial charge in [-0.25, -0.2) is 4.79 Å². The number of carbonyl (C=O) groups excluding carboxylic acids is 1. The summed E-state index contributed by atoms with van der Waals surface area (Å²) in [6.45, 7) is 1.52. The highest BCUT2D eigenvalue weighted by Crippen LogP contribution is 2.32. The van der Waals surface area contributed by atoms with Gasteiger partial charge in [-0.1, -0.05) is 17.7 Å². The molecule has 124 valence electrons. The second-order valence-electron chi connectivity index (χ2n) is 6.13. The number of allylic oxidation sites excluding steroid dienone is 1. The first kappa shape index (κ1) is 15.7. The fourth-order valence-corrected chi connectivity index (χ4v) is 2.98. The maximum Gasteiger partial charge on any atom is 0.317 e. The molecule has 0 bridgehead atoms. The maximum atomic E-state index is 12.2. The summed E-state index contributed by atoms with van der Waals surface area (Å²) in [6.07, 6.45) is 8.24. The molecule has 1 N–H and O–H groups in total.